The number of halogens is 2. The maximum atomic E-state index is 17.1. The molecule has 0 spiro atoms. The minimum Gasteiger partial charge on any atom is -0.393 e. The zero-order valence-corrected chi connectivity index (χ0v) is 29.7. The molecule has 10 heteroatoms. The molecule has 2 aliphatic heterocycles. The number of nitrogens with zero attached hydrogens (tertiary/aromatic N) is 4. The van der Waals surface area contributed by atoms with E-state index in [1.165, 1.54) is 12.5 Å². The van der Waals surface area contributed by atoms with Crippen molar-refractivity contribution in [3.63, 3.8) is 0 Å². The molecular formula is C37H49F2N5O2S. The molecule has 3 N–H and O–H groups in total. The summed E-state index contributed by atoms with van der Waals surface area (Å²) >= 11 is 1.01. The van der Waals surface area contributed by atoms with Crippen molar-refractivity contribution >= 4 is 44.6 Å². The number of anilines is 2. The van der Waals surface area contributed by atoms with E-state index in [1.807, 2.05) is 20.8 Å². The lowest BCUT2D eigenvalue weighted by atomic mass is 9.85. The number of nitrogens with two attached hydrogens (primary N) is 1. The Morgan fingerprint density at radius 1 is 1.26 bits per heavy atom. The van der Waals surface area contributed by atoms with E-state index in [0.29, 0.717) is 58.6 Å². The van der Waals surface area contributed by atoms with Crippen molar-refractivity contribution < 1.29 is 18.6 Å². The summed E-state index contributed by atoms with van der Waals surface area (Å²) < 4.78 is 38.2. The van der Waals surface area contributed by atoms with Crippen molar-refractivity contribution in [3.05, 3.63) is 56.4 Å². The number of nitriles is 1. The first kappa shape index (κ1) is 36.4. The van der Waals surface area contributed by atoms with Crippen LogP contribution in [-0.2, 0) is 18.0 Å². The fourth-order valence-corrected chi connectivity index (χ4v) is 7.42. The molecule has 0 radical (unpaired) electrons. The molecule has 3 unspecified atom stereocenters. The molecule has 4 heterocycles. The Balaban J connectivity index is 0.000000930. The van der Waals surface area contributed by atoms with Gasteiger partial charge in [0, 0.05) is 35.3 Å². The number of allylic oxidation sites excluding steroid dienone is 2. The van der Waals surface area contributed by atoms with Crippen LogP contribution in [0.15, 0.2) is 17.8 Å². The predicted octanol–water partition coefficient (Wildman–Crippen LogP) is 9.45. The Bertz CT molecular complexity index is 1690. The SMILES string of the molecule is C/C=C(/F)c1sc(N)c(C#N)c1/C(=C(\C)CC)c1c2c(c3cnc(N4CCC(C)C4CCCCC)nc3c1F)COC2.CCC(C)O. The van der Waals surface area contributed by atoms with Crippen LogP contribution in [0, 0.1) is 23.1 Å². The number of aliphatic hydroxyl groups is 1. The van der Waals surface area contributed by atoms with Gasteiger partial charge in [-0.05, 0) is 69.1 Å². The van der Waals surface area contributed by atoms with E-state index < -0.39 is 11.6 Å². The van der Waals surface area contributed by atoms with Gasteiger partial charge in [-0.3, -0.25) is 0 Å². The van der Waals surface area contributed by atoms with Gasteiger partial charge in [0.05, 0.1) is 29.8 Å². The molecule has 0 amide bonds. The van der Waals surface area contributed by atoms with Crippen molar-refractivity contribution in [2.24, 2.45) is 5.92 Å². The number of benzene rings is 1. The van der Waals surface area contributed by atoms with Gasteiger partial charge < -0.3 is 20.5 Å². The number of ether oxygens (including phenoxy) is 1. The summed E-state index contributed by atoms with van der Waals surface area (Å²) in [6.45, 7) is 15.0. The molecule has 1 saturated heterocycles. The summed E-state index contributed by atoms with van der Waals surface area (Å²) in [5.74, 6) is 0.0367. The first-order valence-electron chi connectivity index (χ1n) is 16.9. The van der Waals surface area contributed by atoms with Crippen molar-refractivity contribution in [1.82, 2.24) is 9.97 Å². The van der Waals surface area contributed by atoms with Gasteiger partial charge in [0.25, 0.3) is 0 Å². The van der Waals surface area contributed by atoms with Crippen LogP contribution in [0.5, 0.6) is 0 Å². The molecule has 1 fully saturated rings. The second-order valence-electron chi connectivity index (χ2n) is 12.7. The molecule has 3 atom stereocenters. The van der Waals surface area contributed by atoms with E-state index in [1.54, 1.807) is 20.0 Å². The molecule has 2 aromatic heterocycles. The lowest BCUT2D eigenvalue weighted by molar-refractivity contribution is 0.134. The number of thiophene rings is 1. The molecular weight excluding hydrogens is 617 g/mol. The standard InChI is InChI=1S/C33H39F2N5OS.C4H10O/c1-6-9-10-11-25-19(5)12-13-40(25)33-38-15-21-22-16-41-17-23(22)27(29(35)30(21)39-33)26(18(4)7-2)28-20(14-36)32(37)42-31(28)24(34)8-3;1-3-4(2)5/h8,15,19,25H,6-7,9-13,16-17,37H2,1-5H3;4-5H,3H2,1-2H3/b24-8+,26-18+;. The minimum atomic E-state index is -0.504. The average Bonchev–Trinajstić information content (AvgIpc) is 3.79. The second-order valence-corrected chi connectivity index (χ2v) is 13.7. The highest BCUT2D eigenvalue weighted by atomic mass is 32.1. The van der Waals surface area contributed by atoms with Crippen LogP contribution in [0.4, 0.5) is 19.7 Å². The first-order chi connectivity index (χ1) is 22.5. The number of aromatic nitrogens is 2. The number of aliphatic hydroxyl groups excluding tert-OH is 1. The zero-order chi connectivity index (χ0) is 34.4. The van der Waals surface area contributed by atoms with Gasteiger partial charge in [-0.15, -0.1) is 11.3 Å². The maximum Gasteiger partial charge on any atom is 0.226 e. The number of fused-ring (bicyclic) bond motifs is 3. The summed E-state index contributed by atoms with van der Waals surface area (Å²) in [6, 6.07) is 2.47. The average molecular weight is 666 g/mol. The summed E-state index contributed by atoms with van der Waals surface area (Å²) in [5, 5.41) is 19.3. The molecule has 0 aliphatic carbocycles. The number of unbranched alkanes of at least 4 members (excludes halogenated alkanes) is 2. The molecule has 1 aromatic carbocycles. The van der Waals surface area contributed by atoms with Crippen LogP contribution in [-0.4, -0.2) is 33.8 Å². The first-order valence-corrected chi connectivity index (χ1v) is 17.7. The normalized spacial score (nSPS) is 18.9. The Morgan fingerprint density at radius 3 is 2.57 bits per heavy atom. The Labute approximate surface area is 282 Å². The number of hydrogen-bond acceptors (Lipinski definition) is 8. The molecule has 3 aromatic rings. The van der Waals surface area contributed by atoms with Crippen LogP contribution in [0.2, 0.25) is 0 Å². The number of nitrogen functional groups attached to an aromatic ring is 1. The zero-order valence-electron chi connectivity index (χ0n) is 28.8. The van der Waals surface area contributed by atoms with Crippen LogP contribution in [0.25, 0.3) is 22.3 Å². The van der Waals surface area contributed by atoms with Gasteiger partial charge in [-0.1, -0.05) is 58.6 Å². The smallest absolute Gasteiger partial charge is 0.226 e. The van der Waals surface area contributed by atoms with E-state index in [2.05, 4.69) is 24.8 Å². The summed E-state index contributed by atoms with van der Waals surface area (Å²) in [6.07, 6.45) is 9.96. The molecule has 0 saturated carbocycles. The highest BCUT2D eigenvalue weighted by molar-refractivity contribution is 7.17. The fraction of sp³-hybridized carbons (Fsp3) is 0.541. The third kappa shape index (κ3) is 7.38. The van der Waals surface area contributed by atoms with Gasteiger partial charge in [-0.25, -0.2) is 18.7 Å². The van der Waals surface area contributed by atoms with Gasteiger partial charge in [0.2, 0.25) is 5.95 Å². The van der Waals surface area contributed by atoms with E-state index in [-0.39, 0.29) is 33.7 Å². The largest absolute Gasteiger partial charge is 0.393 e. The minimum absolute atomic E-state index is 0.116. The lowest BCUT2D eigenvalue weighted by Crippen LogP contribution is -2.33. The summed E-state index contributed by atoms with van der Waals surface area (Å²) in [4.78, 5) is 12.1. The topological polar surface area (TPSA) is 108 Å². The Morgan fingerprint density at radius 2 is 1.96 bits per heavy atom. The third-order valence-corrected chi connectivity index (χ3v) is 10.5. The molecule has 2 aliphatic rings. The highest BCUT2D eigenvalue weighted by Crippen LogP contribution is 2.47. The van der Waals surface area contributed by atoms with Crippen LogP contribution < -0.4 is 10.6 Å². The predicted molar refractivity (Wildman–Crippen MR) is 189 cm³/mol. The van der Waals surface area contributed by atoms with Crippen LogP contribution in [0.1, 0.15) is 126 Å². The monoisotopic (exact) mass is 665 g/mol. The second kappa shape index (κ2) is 16.1. The van der Waals surface area contributed by atoms with Crippen molar-refractivity contribution in [1.29, 1.82) is 5.26 Å². The van der Waals surface area contributed by atoms with Gasteiger partial charge >= 0.3 is 0 Å². The van der Waals surface area contributed by atoms with Crippen molar-refractivity contribution in [3.8, 4) is 6.07 Å². The Kier molecular flexibility index (Phi) is 12.5. The van der Waals surface area contributed by atoms with Crippen LogP contribution >= 0.6 is 11.3 Å². The molecule has 254 valence electrons. The van der Waals surface area contributed by atoms with Crippen molar-refractivity contribution in [2.75, 3.05) is 17.2 Å². The van der Waals surface area contributed by atoms with Gasteiger partial charge in [-0.2, -0.15) is 5.26 Å². The van der Waals surface area contributed by atoms with E-state index >= 15 is 8.78 Å². The van der Waals surface area contributed by atoms with Gasteiger partial charge in [0.1, 0.15) is 22.4 Å². The summed E-state index contributed by atoms with van der Waals surface area (Å²) in [5.41, 5.74) is 10.1. The highest BCUT2D eigenvalue weighted by Gasteiger charge is 2.35. The van der Waals surface area contributed by atoms with Crippen LogP contribution in [0.3, 0.4) is 0 Å². The van der Waals surface area contributed by atoms with Gasteiger partial charge in [0.15, 0.2) is 5.82 Å². The Hall–Kier alpha value is -3.39. The quantitative estimate of drug-likeness (QED) is 0.208. The maximum absolute atomic E-state index is 17.1. The number of hydrogen-bond donors (Lipinski definition) is 2. The fourth-order valence-electron chi connectivity index (χ4n) is 6.43. The van der Waals surface area contributed by atoms with E-state index in [4.69, 9.17) is 25.5 Å². The van der Waals surface area contributed by atoms with E-state index in [0.717, 1.165) is 61.1 Å². The summed E-state index contributed by atoms with van der Waals surface area (Å²) in [7, 11) is 0. The molecule has 5 rings (SSSR count). The molecule has 0 bridgehead atoms. The number of rotatable bonds is 10. The molecule has 47 heavy (non-hydrogen) atoms. The molecule has 7 nitrogen and oxygen atoms in total. The lowest BCUT2D eigenvalue weighted by Gasteiger charge is -2.27. The third-order valence-electron chi connectivity index (χ3n) is 9.50. The van der Waals surface area contributed by atoms with Crippen molar-refractivity contribution in [2.45, 2.75) is 119 Å². The van der Waals surface area contributed by atoms with E-state index in [9.17, 15) is 5.26 Å².